The van der Waals surface area contributed by atoms with E-state index in [2.05, 4.69) is 11.1 Å². The molecule has 6 heteroatoms. The third-order valence-electron chi connectivity index (χ3n) is 5.73. The molecule has 0 aliphatic heterocycles. The SMILES string of the molecule is CCC(C)S(=O)(=O)CC1CCC(C(=O)Cc2ccc3ncsc3c2)CC1. The number of hydrogen-bond acceptors (Lipinski definition) is 5. The summed E-state index contributed by atoms with van der Waals surface area (Å²) >= 11 is 1.59. The Bertz CT molecular complexity index is 864. The van der Waals surface area contributed by atoms with Crippen LogP contribution in [0, 0.1) is 11.8 Å². The highest BCUT2D eigenvalue weighted by Crippen LogP contribution is 2.32. The highest BCUT2D eigenvalue weighted by Gasteiger charge is 2.30. The van der Waals surface area contributed by atoms with Crippen LogP contribution in [-0.2, 0) is 21.1 Å². The monoisotopic (exact) mass is 393 g/mol. The summed E-state index contributed by atoms with van der Waals surface area (Å²) in [7, 11) is -3.00. The molecule has 0 N–H and O–H groups in total. The lowest BCUT2D eigenvalue weighted by atomic mass is 9.79. The van der Waals surface area contributed by atoms with Gasteiger partial charge in [0, 0.05) is 12.3 Å². The number of hydrogen-bond donors (Lipinski definition) is 0. The summed E-state index contributed by atoms with van der Waals surface area (Å²) < 4.78 is 25.7. The number of ketones is 1. The van der Waals surface area contributed by atoms with Gasteiger partial charge < -0.3 is 0 Å². The van der Waals surface area contributed by atoms with E-state index in [1.807, 2.05) is 24.6 Å². The summed E-state index contributed by atoms with van der Waals surface area (Å²) in [4.78, 5) is 16.9. The standard InChI is InChI=1S/C20H27NO3S2/c1-3-14(2)26(23,24)12-15-4-7-17(8-5-15)19(22)10-16-6-9-18-20(11-16)25-13-21-18/h6,9,11,13-15,17H,3-5,7-8,10,12H2,1-2H3. The predicted octanol–water partition coefficient (Wildman–Crippen LogP) is 4.43. The van der Waals surface area contributed by atoms with Gasteiger partial charge in [0.15, 0.2) is 9.84 Å². The van der Waals surface area contributed by atoms with Crippen LogP contribution in [0.1, 0.15) is 51.5 Å². The predicted molar refractivity (Wildman–Crippen MR) is 107 cm³/mol. The van der Waals surface area contributed by atoms with Crippen molar-refractivity contribution in [2.24, 2.45) is 11.8 Å². The van der Waals surface area contributed by atoms with Crippen LogP contribution in [0.25, 0.3) is 10.2 Å². The van der Waals surface area contributed by atoms with Crippen LogP contribution in [0.2, 0.25) is 0 Å². The van der Waals surface area contributed by atoms with E-state index < -0.39 is 9.84 Å². The van der Waals surface area contributed by atoms with Crippen LogP contribution >= 0.6 is 11.3 Å². The fraction of sp³-hybridized carbons (Fsp3) is 0.600. The molecule has 1 aliphatic carbocycles. The van der Waals surface area contributed by atoms with Crippen LogP contribution in [0.4, 0.5) is 0 Å². The van der Waals surface area contributed by atoms with Crippen molar-refractivity contribution in [3.8, 4) is 0 Å². The van der Waals surface area contributed by atoms with Gasteiger partial charge >= 0.3 is 0 Å². The third kappa shape index (κ3) is 4.52. The van der Waals surface area contributed by atoms with Gasteiger partial charge in [-0.25, -0.2) is 13.4 Å². The Kier molecular flexibility index (Phi) is 6.13. The van der Waals surface area contributed by atoms with E-state index in [0.717, 1.165) is 41.5 Å². The van der Waals surface area contributed by atoms with Crippen LogP contribution in [0.3, 0.4) is 0 Å². The molecule has 1 unspecified atom stereocenters. The number of Topliss-reactive ketones (excluding diaryl/α,β-unsaturated/α-hetero) is 1. The van der Waals surface area contributed by atoms with Crippen LogP contribution in [0.15, 0.2) is 23.7 Å². The molecule has 1 aromatic carbocycles. The molecular weight excluding hydrogens is 366 g/mol. The zero-order valence-electron chi connectivity index (χ0n) is 15.5. The number of aromatic nitrogens is 1. The maximum absolute atomic E-state index is 12.7. The molecule has 1 aromatic heterocycles. The van der Waals surface area contributed by atoms with Gasteiger partial charge in [0.05, 0.1) is 26.7 Å². The maximum Gasteiger partial charge on any atom is 0.153 e. The zero-order valence-corrected chi connectivity index (χ0v) is 17.1. The second-order valence-corrected chi connectivity index (χ2v) is 10.9. The molecule has 1 aliphatic rings. The first-order valence-electron chi connectivity index (χ1n) is 9.45. The number of carbonyl (C=O) groups excluding carboxylic acids is 1. The second kappa shape index (κ2) is 8.17. The van der Waals surface area contributed by atoms with Crippen molar-refractivity contribution in [1.82, 2.24) is 4.98 Å². The Morgan fingerprint density at radius 1 is 1.27 bits per heavy atom. The molecule has 142 valence electrons. The number of benzene rings is 1. The Hall–Kier alpha value is -1.27. The lowest BCUT2D eigenvalue weighted by molar-refractivity contribution is -0.123. The molecule has 4 nitrogen and oxygen atoms in total. The van der Waals surface area contributed by atoms with Gasteiger partial charge in [-0.05, 0) is 62.6 Å². The van der Waals surface area contributed by atoms with Gasteiger partial charge in [0.1, 0.15) is 5.78 Å². The van der Waals surface area contributed by atoms with E-state index in [0.29, 0.717) is 12.8 Å². The molecule has 0 amide bonds. The van der Waals surface area contributed by atoms with Crippen molar-refractivity contribution >= 4 is 37.2 Å². The van der Waals surface area contributed by atoms with Crippen LogP contribution in [-0.4, -0.2) is 30.2 Å². The lowest BCUT2D eigenvalue weighted by Gasteiger charge is -2.28. The van der Waals surface area contributed by atoms with Crippen molar-refractivity contribution in [2.75, 3.05) is 5.75 Å². The summed E-state index contributed by atoms with van der Waals surface area (Å²) in [6.07, 6.45) is 4.47. The molecule has 2 aromatic rings. The van der Waals surface area contributed by atoms with Gasteiger partial charge in [0.2, 0.25) is 0 Å². The minimum Gasteiger partial charge on any atom is -0.299 e. The van der Waals surface area contributed by atoms with Gasteiger partial charge in [-0.15, -0.1) is 11.3 Å². The van der Waals surface area contributed by atoms with Crippen LogP contribution < -0.4 is 0 Å². The van der Waals surface area contributed by atoms with Gasteiger partial charge in [-0.3, -0.25) is 4.79 Å². The molecule has 1 atom stereocenters. The summed E-state index contributed by atoms with van der Waals surface area (Å²) in [6.45, 7) is 3.71. The molecule has 0 spiro atoms. The number of rotatable bonds is 7. The van der Waals surface area contributed by atoms with E-state index >= 15 is 0 Å². The maximum atomic E-state index is 12.7. The molecule has 1 saturated carbocycles. The first kappa shape index (κ1) is 19.5. The number of carbonyl (C=O) groups is 1. The topological polar surface area (TPSA) is 64.1 Å². The Morgan fingerprint density at radius 2 is 2.00 bits per heavy atom. The number of nitrogens with zero attached hydrogens (tertiary/aromatic N) is 1. The molecule has 1 fully saturated rings. The van der Waals surface area contributed by atoms with Gasteiger partial charge in [-0.2, -0.15) is 0 Å². The van der Waals surface area contributed by atoms with Crippen LogP contribution in [0.5, 0.6) is 0 Å². The van der Waals surface area contributed by atoms with Crippen molar-refractivity contribution in [3.05, 3.63) is 29.3 Å². The smallest absolute Gasteiger partial charge is 0.153 e. The van der Waals surface area contributed by atoms with E-state index in [4.69, 9.17) is 0 Å². The summed E-state index contributed by atoms with van der Waals surface area (Å²) in [5, 5.41) is -0.261. The molecule has 0 bridgehead atoms. The minimum atomic E-state index is -3.00. The van der Waals surface area contributed by atoms with Crippen molar-refractivity contribution in [2.45, 2.75) is 57.6 Å². The summed E-state index contributed by atoms with van der Waals surface area (Å²) in [5.41, 5.74) is 3.85. The number of sulfone groups is 1. The molecule has 1 heterocycles. The molecule has 3 rings (SSSR count). The Labute approximate surface area is 159 Å². The zero-order chi connectivity index (χ0) is 18.7. The molecular formula is C20H27NO3S2. The van der Waals surface area contributed by atoms with E-state index in [1.165, 1.54) is 0 Å². The van der Waals surface area contributed by atoms with E-state index in [-0.39, 0.29) is 28.6 Å². The van der Waals surface area contributed by atoms with E-state index in [9.17, 15) is 13.2 Å². The average molecular weight is 394 g/mol. The minimum absolute atomic E-state index is 0.0784. The van der Waals surface area contributed by atoms with Crippen molar-refractivity contribution in [1.29, 1.82) is 0 Å². The molecule has 0 radical (unpaired) electrons. The normalized spacial score (nSPS) is 22.4. The highest BCUT2D eigenvalue weighted by molar-refractivity contribution is 7.92. The summed E-state index contributed by atoms with van der Waals surface area (Å²) in [6, 6.07) is 6.03. The average Bonchev–Trinajstić information content (AvgIpc) is 3.09. The van der Waals surface area contributed by atoms with E-state index in [1.54, 1.807) is 18.3 Å². The number of fused-ring (bicyclic) bond motifs is 1. The molecule has 0 saturated heterocycles. The fourth-order valence-electron chi connectivity index (χ4n) is 3.75. The third-order valence-corrected chi connectivity index (χ3v) is 9.02. The lowest BCUT2D eigenvalue weighted by Crippen LogP contribution is -2.30. The molecule has 26 heavy (non-hydrogen) atoms. The van der Waals surface area contributed by atoms with Gasteiger partial charge in [-0.1, -0.05) is 13.0 Å². The first-order valence-corrected chi connectivity index (χ1v) is 12.0. The summed E-state index contributed by atoms with van der Waals surface area (Å²) in [5.74, 6) is 0.865. The first-order chi connectivity index (χ1) is 12.4. The second-order valence-electron chi connectivity index (χ2n) is 7.56. The largest absolute Gasteiger partial charge is 0.299 e. The fourth-order valence-corrected chi connectivity index (χ4v) is 6.32. The number of thiazole rings is 1. The Morgan fingerprint density at radius 3 is 2.69 bits per heavy atom. The Balaban J connectivity index is 1.53. The highest BCUT2D eigenvalue weighted by atomic mass is 32.2. The van der Waals surface area contributed by atoms with Gasteiger partial charge in [0.25, 0.3) is 0 Å². The van der Waals surface area contributed by atoms with Crippen molar-refractivity contribution in [3.63, 3.8) is 0 Å². The van der Waals surface area contributed by atoms with Crippen molar-refractivity contribution < 1.29 is 13.2 Å². The quantitative estimate of drug-likeness (QED) is 0.698.